The number of ether oxygens (including phenoxy) is 5. The van der Waals surface area contributed by atoms with Crippen LogP contribution in [-0.4, -0.2) is 142 Å². The molecule has 0 amide bonds. The van der Waals surface area contributed by atoms with E-state index >= 15 is 0 Å². The van der Waals surface area contributed by atoms with Crippen molar-refractivity contribution in [2.45, 2.75) is 61.3 Å². The van der Waals surface area contributed by atoms with Crippen LogP contribution in [0, 0.1) is 0 Å². The maximum Gasteiger partial charge on any atom is 0.397 e. The van der Waals surface area contributed by atoms with E-state index in [4.69, 9.17) is 37.3 Å². The van der Waals surface area contributed by atoms with Crippen LogP contribution >= 0.6 is 0 Å². The molecule has 10 atom stereocenters. The number of carboxylic acid groups (broad SMARTS) is 1. The number of aliphatic carboxylic acids is 1. The molecule has 0 saturated carbocycles. The number of aliphatic hydroxyl groups is 2. The number of methoxy groups -OCH3 is 2. The van der Waals surface area contributed by atoms with Gasteiger partial charge in [0.05, 0.1) is 6.61 Å². The summed E-state index contributed by atoms with van der Waals surface area (Å²) in [4.78, 5) is 11.6. The lowest BCUT2D eigenvalue weighted by atomic mass is 9.96. The number of aliphatic hydroxyl groups excluding tert-OH is 2. The highest BCUT2D eigenvalue weighted by Crippen LogP contribution is 2.32. The van der Waals surface area contributed by atoms with E-state index in [0.717, 1.165) is 14.2 Å². The zero-order valence-corrected chi connectivity index (χ0v) is 21.6. The van der Waals surface area contributed by atoms with E-state index in [0.29, 0.717) is 0 Å². The minimum absolute atomic E-state index is 0.913. The lowest BCUT2D eigenvalue weighted by Crippen LogP contribution is -2.68. The number of rotatable bonds is 12. The highest BCUT2D eigenvalue weighted by molar-refractivity contribution is 7.83. The molecule has 0 aromatic carbocycles. The molecule has 7 N–H and O–H groups in total. The molecule has 0 aromatic heterocycles. The van der Waals surface area contributed by atoms with Gasteiger partial charge >= 0.3 is 37.1 Å². The summed E-state index contributed by atoms with van der Waals surface area (Å²) in [6.45, 7) is -1.18. The van der Waals surface area contributed by atoms with Gasteiger partial charge in [-0.05, 0) is 0 Å². The minimum atomic E-state index is -5.40. The van der Waals surface area contributed by atoms with Gasteiger partial charge in [0.2, 0.25) is 0 Å². The van der Waals surface area contributed by atoms with Gasteiger partial charge in [-0.3, -0.25) is 13.7 Å². The Morgan fingerprint density at radius 1 is 0.842 bits per heavy atom. The second kappa shape index (κ2) is 12.5. The molecule has 2 rings (SSSR count). The van der Waals surface area contributed by atoms with Crippen molar-refractivity contribution in [1.29, 1.82) is 0 Å². The highest BCUT2D eigenvalue weighted by Gasteiger charge is 2.55. The van der Waals surface area contributed by atoms with Crippen LogP contribution in [0.3, 0.4) is 0 Å². The Morgan fingerprint density at radius 3 is 1.89 bits per heavy atom. The molecule has 2 aliphatic rings. The topological polar surface area (TPSA) is 318 Å². The number of hydrogen-bond acceptors (Lipinski definition) is 16. The third kappa shape index (κ3) is 8.91. The zero-order valence-electron chi connectivity index (χ0n) is 19.1. The molecular weight excluding hydrogens is 598 g/mol. The molecule has 21 nitrogen and oxygen atoms in total. The Hall–Kier alpha value is -1.20. The van der Waals surface area contributed by atoms with Gasteiger partial charge in [0.25, 0.3) is 0 Å². The molecule has 38 heavy (non-hydrogen) atoms. The van der Waals surface area contributed by atoms with Gasteiger partial charge in [-0.15, -0.1) is 0 Å². The van der Waals surface area contributed by atoms with Gasteiger partial charge in [-0.1, -0.05) is 0 Å². The summed E-state index contributed by atoms with van der Waals surface area (Å²) in [6, 6.07) is -1.93. The summed E-state index contributed by atoms with van der Waals surface area (Å²) in [5.74, 6) is -1.77. The predicted octanol–water partition coefficient (Wildman–Crippen LogP) is -4.94. The van der Waals surface area contributed by atoms with Crippen molar-refractivity contribution in [3.05, 3.63) is 0 Å². The Morgan fingerprint density at radius 2 is 1.45 bits per heavy atom. The van der Waals surface area contributed by atoms with Crippen LogP contribution < -0.4 is 4.72 Å². The second-order valence-corrected chi connectivity index (χ2v) is 11.0. The molecule has 2 heterocycles. The molecule has 2 saturated heterocycles. The zero-order chi connectivity index (χ0) is 29.2. The third-order valence-electron chi connectivity index (χ3n) is 5.13. The van der Waals surface area contributed by atoms with E-state index in [1.54, 1.807) is 0 Å². The Balaban J connectivity index is 2.52. The Kier molecular flexibility index (Phi) is 10.9. The van der Waals surface area contributed by atoms with E-state index in [2.05, 4.69) is 8.37 Å². The summed E-state index contributed by atoms with van der Waals surface area (Å²) in [5, 5.41) is 30.8. The first kappa shape index (κ1) is 33.0. The van der Waals surface area contributed by atoms with E-state index < -0.39 is 105 Å². The predicted molar refractivity (Wildman–Crippen MR) is 112 cm³/mol. The van der Waals surface area contributed by atoms with Crippen molar-refractivity contribution in [2.75, 3.05) is 20.8 Å². The number of hydrogen-bond donors (Lipinski definition) is 7. The van der Waals surface area contributed by atoms with Crippen LogP contribution in [0.2, 0.25) is 0 Å². The summed E-state index contributed by atoms with van der Waals surface area (Å²) < 4.78 is 130. The van der Waals surface area contributed by atoms with Crippen LogP contribution in [-0.2, 0) is 67.9 Å². The molecule has 0 radical (unpaired) electrons. The van der Waals surface area contributed by atoms with Crippen molar-refractivity contribution in [2.24, 2.45) is 0 Å². The standard InChI is InChI=1S/C14H25NO20S3/c1-29-9-7(17)10(35-38(26,27)28)14(34-11(9)12(18)19)33-8-4(3-31-37(23,24)25)32-13(30-2)5(6(8)16)15-36(20,21)22/h4-11,13-17H,3H2,1-2H3,(H,18,19)(H,20,21,22)(H,23,24,25)(H,26,27,28)/t4-,5-,6-,7+,8-,9+,10-,11-,13+,14-/m1/s1. The third-order valence-corrected chi connectivity index (χ3v) is 6.60. The van der Waals surface area contributed by atoms with E-state index in [1.165, 1.54) is 4.72 Å². The van der Waals surface area contributed by atoms with Gasteiger partial charge in [0.15, 0.2) is 24.8 Å². The van der Waals surface area contributed by atoms with Crippen LogP contribution in [0.15, 0.2) is 0 Å². The summed E-state index contributed by atoms with van der Waals surface area (Å²) in [5.41, 5.74) is 0. The molecule has 224 valence electrons. The summed E-state index contributed by atoms with van der Waals surface area (Å²) >= 11 is 0. The lowest BCUT2D eigenvalue weighted by molar-refractivity contribution is -0.339. The monoisotopic (exact) mass is 623 g/mol. The van der Waals surface area contributed by atoms with Gasteiger partial charge < -0.3 is 39.0 Å². The quantitative estimate of drug-likeness (QED) is 0.100. The molecule has 0 spiro atoms. The normalized spacial score (nSPS) is 37.1. The van der Waals surface area contributed by atoms with Gasteiger partial charge in [0.1, 0.15) is 36.6 Å². The largest absolute Gasteiger partial charge is 0.479 e. The fourth-order valence-electron chi connectivity index (χ4n) is 3.67. The van der Waals surface area contributed by atoms with Crippen molar-refractivity contribution in [1.82, 2.24) is 4.72 Å². The second-order valence-electron chi connectivity index (χ2n) is 7.64. The molecule has 2 fully saturated rings. The number of nitrogens with one attached hydrogen (secondary N) is 1. The fraction of sp³-hybridized carbons (Fsp3) is 0.929. The van der Waals surface area contributed by atoms with E-state index in [1.807, 2.05) is 0 Å². The van der Waals surface area contributed by atoms with Crippen molar-refractivity contribution in [3.63, 3.8) is 0 Å². The van der Waals surface area contributed by atoms with Gasteiger partial charge in [0, 0.05) is 14.2 Å². The Bertz CT molecular complexity index is 1140. The Labute approximate surface area is 215 Å². The summed E-state index contributed by atoms with van der Waals surface area (Å²) in [7, 11) is -13.8. The van der Waals surface area contributed by atoms with Crippen LogP contribution in [0.1, 0.15) is 0 Å². The SMILES string of the molecule is CO[C@H]1O[C@H](COS(=O)(=O)O)[C@@H](O[C@@H]2O[C@@H](C(=O)O)[C@@H](OC)[C@H](O)[C@H]2OS(=O)(=O)O)[C@H](O)[C@H]1NS(=O)(=O)O. The first-order valence-corrected chi connectivity index (χ1v) is 14.1. The maximum atomic E-state index is 11.6. The van der Waals surface area contributed by atoms with Gasteiger partial charge in [-0.2, -0.15) is 30.0 Å². The minimum Gasteiger partial charge on any atom is -0.479 e. The van der Waals surface area contributed by atoms with Gasteiger partial charge in [-0.25, -0.2) is 13.2 Å². The van der Waals surface area contributed by atoms with Crippen molar-refractivity contribution in [3.8, 4) is 0 Å². The van der Waals surface area contributed by atoms with Crippen molar-refractivity contribution < 1.29 is 91.1 Å². The fourth-order valence-corrected chi connectivity index (χ4v) is 5.06. The van der Waals surface area contributed by atoms with E-state index in [-0.39, 0.29) is 0 Å². The van der Waals surface area contributed by atoms with E-state index in [9.17, 15) is 45.4 Å². The molecular formula is C14H25NO20S3. The first-order valence-electron chi connectivity index (χ1n) is 9.91. The molecule has 0 unspecified atom stereocenters. The molecule has 0 bridgehead atoms. The van der Waals surface area contributed by atoms with Crippen LogP contribution in [0.5, 0.6) is 0 Å². The molecule has 0 aliphatic carbocycles. The smallest absolute Gasteiger partial charge is 0.397 e. The average molecular weight is 624 g/mol. The first-order chi connectivity index (χ1) is 17.3. The molecule has 0 aromatic rings. The van der Waals surface area contributed by atoms with Crippen LogP contribution in [0.4, 0.5) is 0 Å². The average Bonchev–Trinajstić information content (AvgIpc) is 2.75. The number of carboxylic acids is 1. The highest BCUT2D eigenvalue weighted by atomic mass is 32.3. The summed E-state index contributed by atoms with van der Waals surface area (Å²) in [6.07, 6.45) is -18.7. The van der Waals surface area contributed by atoms with Crippen LogP contribution in [0.25, 0.3) is 0 Å². The molecule has 24 heteroatoms. The lowest BCUT2D eigenvalue weighted by Gasteiger charge is -2.47. The molecule has 2 aliphatic heterocycles. The van der Waals surface area contributed by atoms with Crippen molar-refractivity contribution >= 4 is 37.1 Å². The maximum absolute atomic E-state index is 11.6. The number of carbonyl (C=O) groups is 1.